The topological polar surface area (TPSA) is 34.2 Å². The monoisotopic (exact) mass is 248 g/mol. The summed E-state index contributed by atoms with van der Waals surface area (Å²) in [4.78, 5) is 4.26. The van der Waals surface area contributed by atoms with Crippen LogP contribution < -0.4 is 5.32 Å². The summed E-state index contributed by atoms with van der Waals surface area (Å²) >= 11 is 0. The fourth-order valence-corrected chi connectivity index (χ4v) is 2.84. The van der Waals surface area contributed by atoms with Crippen LogP contribution in [-0.2, 0) is 4.74 Å². The molecular weight excluding hydrogens is 224 g/mol. The molecule has 1 N–H and O–H groups in total. The number of aromatic nitrogens is 1. The summed E-state index contributed by atoms with van der Waals surface area (Å²) in [7, 11) is 0. The Hall–Kier alpha value is -0.930. The predicted molar refractivity (Wildman–Crippen MR) is 73.4 cm³/mol. The molecule has 3 nitrogen and oxygen atoms in total. The first kappa shape index (κ1) is 13.5. The van der Waals surface area contributed by atoms with Gasteiger partial charge in [-0.1, -0.05) is 19.9 Å². The maximum absolute atomic E-state index is 5.84. The average Bonchev–Trinajstić information content (AvgIpc) is 2.89. The van der Waals surface area contributed by atoms with Crippen LogP contribution in [0.15, 0.2) is 24.5 Å². The Bertz CT molecular complexity index is 342. The number of nitrogens with one attached hydrogen (secondary N) is 1. The van der Waals surface area contributed by atoms with Crippen molar-refractivity contribution >= 4 is 0 Å². The van der Waals surface area contributed by atoms with Crippen LogP contribution in [0.1, 0.15) is 44.7 Å². The van der Waals surface area contributed by atoms with Gasteiger partial charge in [-0.2, -0.15) is 0 Å². The molecule has 0 bridgehead atoms. The van der Waals surface area contributed by atoms with Gasteiger partial charge in [-0.3, -0.25) is 4.98 Å². The third kappa shape index (κ3) is 3.09. The van der Waals surface area contributed by atoms with Gasteiger partial charge in [-0.05, 0) is 37.4 Å². The van der Waals surface area contributed by atoms with Crippen LogP contribution in [0.3, 0.4) is 0 Å². The van der Waals surface area contributed by atoms with Crippen molar-refractivity contribution in [1.82, 2.24) is 10.3 Å². The Morgan fingerprint density at radius 1 is 1.50 bits per heavy atom. The summed E-state index contributed by atoms with van der Waals surface area (Å²) in [6.45, 7) is 6.36. The minimum absolute atomic E-state index is 0.381. The van der Waals surface area contributed by atoms with E-state index in [9.17, 15) is 0 Å². The van der Waals surface area contributed by atoms with Crippen LogP contribution in [0.4, 0.5) is 0 Å². The molecule has 1 saturated heterocycles. The molecule has 0 aromatic carbocycles. The van der Waals surface area contributed by atoms with Gasteiger partial charge < -0.3 is 10.1 Å². The Kier molecular flexibility index (Phi) is 5.14. The zero-order valence-electron chi connectivity index (χ0n) is 11.4. The van der Waals surface area contributed by atoms with Crippen molar-refractivity contribution in [3.8, 4) is 0 Å². The van der Waals surface area contributed by atoms with Gasteiger partial charge in [0.25, 0.3) is 0 Å². The lowest BCUT2D eigenvalue weighted by molar-refractivity contribution is 0.0773. The number of nitrogens with zero attached hydrogens (tertiary/aromatic N) is 1. The predicted octanol–water partition coefficient (Wildman–Crippen LogP) is 2.94. The van der Waals surface area contributed by atoms with Gasteiger partial charge in [0.2, 0.25) is 0 Å². The summed E-state index contributed by atoms with van der Waals surface area (Å²) < 4.78 is 5.84. The van der Waals surface area contributed by atoms with Crippen molar-refractivity contribution in [2.24, 2.45) is 5.92 Å². The third-order valence-electron chi connectivity index (χ3n) is 3.75. The highest BCUT2D eigenvalue weighted by atomic mass is 16.5. The first-order chi connectivity index (χ1) is 8.86. The van der Waals surface area contributed by atoms with Crippen molar-refractivity contribution < 1.29 is 4.74 Å². The fraction of sp³-hybridized carbons (Fsp3) is 0.667. The molecular formula is C15H24N2O. The average molecular weight is 248 g/mol. The molecule has 0 spiro atoms. The normalized spacial score (nSPS) is 25.2. The van der Waals surface area contributed by atoms with Crippen molar-refractivity contribution in [2.45, 2.75) is 45.3 Å². The number of ether oxygens (including phenoxy) is 1. The Balaban J connectivity index is 2.14. The molecule has 3 heteroatoms. The van der Waals surface area contributed by atoms with Crippen molar-refractivity contribution in [2.75, 3.05) is 13.2 Å². The van der Waals surface area contributed by atoms with Gasteiger partial charge in [-0.25, -0.2) is 0 Å². The van der Waals surface area contributed by atoms with Crippen molar-refractivity contribution in [3.05, 3.63) is 30.1 Å². The molecule has 0 aliphatic carbocycles. The molecule has 1 aliphatic rings. The van der Waals surface area contributed by atoms with Crippen LogP contribution in [0.2, 0.25) is 0 Å². The molecule has 1 aliphatic heterocycles. The Labute approximate surface area is 110 Å². The number of rotatable bonds is 6. The van der Waals surface area contributed by atoms with Crippen molar-refractivity contribution in [3.63, 3.8) is 0 Å². The van der Waals surface area contributed by atoms with Gasteiger partial charge in [0.1, 0.15) is 0 Å². The van der Waals surface area contributed by atoms with E-state index in [2.05, 4.69) is 30.2 Å². The third-order valence-corrected chi connectivity index (χ3v) is 3.75. The number of hydrogen-bond donors (Lipinski definition) is 1. The summed E-state index contributed by atoms with van der Waals surface area (Å²) in [5.74, 6) is 0.575. The van der Waals surface area contributed by atoms with E-state index in [4.69, 9.17) is 4.74 Å². The molecule has 3 unspecified atom stereocenters. The van der Waals surface area contributed by atoms with Crippen LogP contribution in [0, 0.1) is 5.92 Å². The zero-order chi connectivity index (χ0) is 12.8. The Morgan fingerprint density at radius 3 is 3.06 bits per heavy atom. The largest absolute Gasteiger partial charge is 0.378 e. The first-order valence-electron chi connectivity index (χ1n) is 7.11. The van der Waals surface area contributed by atoms with Gasteiger partial charge in [0.15, 0.2) is 0 Å². The second kappa shape index (κ2) is 6.86. The van der Waals surface area contributed by atoms with Gasteiger partial charge >= 0.3 is 0 Å². The maximum Gasteiger partial charge on any atom is 0.0619 e. The van der Waals surface area contributed by atoms with E-state index in [0.29, 0.717) is 18.1 Å². The minimum Gasteiger partial charge on any atom is -0.378 e. The lowest BCUT2D eigenvalue weighted by Gasteiger charge is -2.28. The van der Waals surface area contributed by atoms with Crippen LogP contribution in [0.5, 0.6) is 0 Å². The highest BCUT2D eigenvalue weighted by molar-refractivity contribution is 5.16. The molecule has 2 heterocycles. The second-order valence-electron chi connectivity index (χ2n) is 4.99. The Morgan fingerprint density at radius 2 is 2.39 bits per heavy atom. The molecule has 2 rings (SSSR count). The SMILES string of the molecule is CCCNC(c1cccnc1)C1CCOC1CC. The molecule has 0 saturated carbocycles. The quantitative estimate of drug-likeness (QED) is 0.840. The molecule has 1 aromatic heterocycles. The van der Waals surface area contributed by atoms with Gasteiger partial charge in [0.05, 0.1) is 6.10 Å². The van der Waals surface area contributed by atoms with E-state index in [1.54, 1.807) is 0 Å². The number of pyridine rings is 1. The van der Waals surface area contributed by atoms with E-state index >= 15 is 0 Å². The van der Waals surface area contributed by atoms with E-state index in [0.717, 1.165) is 32.4 Å². The standard InChI is InChI=1S/C15H24N2O/c1-3-8-17-15(12-6-5-9-16-11-12)13-7-10-18-14(13)4-2/h5-6,9,11,13-15,17H,3-4,7-8,10H2,1-2H3. The lowest BCUT2D eigenvalue weighted by Crippen LogP contribution is -2.33. The second-order valence-corrected chi connectivity index (χ2v) is 4.99. The highest BCUT2D eigenvalue weighted by Crippen LogP contribution is 2.34. The van der Waals surface area contributed by atoms with E-state index in [1.165, 1.54) is 5.56 Å². The van der Waals surface area contributed by atoms with Crippen LogP contribution in [-0.4, -0.2) is 24.2 Å². The molecule has 1 fully saturated rings. The van der Waals surface area contributed by atoms with E-state index < -0.39 is 0 Å². The van der Waals surface area contributed by atoms with Crippen LogP contribution >= 0.6 is 0 Å². The smallest absolute Gasteiger partial charge is 0.0619 e. The number of hydrogen-bond acceptors (Lipinski definition) is 3. The van der Waals surface area contributed by atoms with E-state index in [-0.39, 0.29) is 0 Å². The summed E-state index contributed by atoms with van der Waals surface area (Å²) in [6.07, 6.45) is 7.60. The molecule has 3 atom stereocenters. The summed E-state index contributed by atoms with van der Waals surface area (Å²) in [5, 5.41) is 3.67. The lowest BCUT2D eigenvalue weighted by atomic mass is 9.87. The van der Waals surface area contributed by atoms with Gasteiger partial charge in [-0.15, -0.1) is 0 Å². The molecule has 0 radical (unpaired) electrons. The van der Waals surface area contributed by atoms with Gasteiger partial charge in [0, 0.05) is 31.0 Å². The fourth-order valence-electron chi connectivity index (χ4n) is 2.84. The minimum atomic E-state index is 0.381. The summed E-state index contributed by atoms with van der Waals surface area (Å²) in [6, 6.07) is 4.57. The molecule has 18 heavy (non-hydrogen) atoms. The van der Waals surface area contributed by atoms with Crippen molar-refractivity contribution in [1.29, 1.82) is 0 Å². The maximum atomic E-state index is 5.84. The molecule has 0 amide bonds. The summed E-state index contributed by atoms with van der Waals surface area (Å²) in [5.41, 5.74) is 1.29. The molecule has 100 valence electrons. The van der Waals surface area contributed by atoms with Crippen LogP contribution in [0.25, 0.3) is 0 Å². The van der Waals surface area contributed by atoms with E-state index in [1.807, 2.05) is 18.5 Å². The zero-order valence-corrected chi connectivity index (χ0v) is 11.4. The first-order valence-corrected chi connectivity index (χ1v) is 7.11. The molecule has 1 aromatic rings. The highest BCUT2D eigenvalue weighted by Gasteiger charge is 2.34.